The molecular weight excluding hydrogens is 304 g/mol. The number of nitrogens with one attached hydrogen (secondary N) is 2. The molecule has 0 fully saturated rings. The summed E-state index contributed by atoms with van der Waals surface area (Å²) in [6.45, 7) is 8.62. The van der Waals surface area contributed by atoms with Gasteiger partial charge >= 0.3 is 0 Å². The van der Waals surface area contributed by atoms with Crippen LogP contribution in [0, 0.1) is 5.92 Å². The van der Waals surface area contributed by atoms with Gasteiger partial charge < -0.3 is 10.6 Å². The highest BCUT2D eigenvalue weighted by Gasteiger charge is 2.12. The molecule has 0 spiro atoms. The van der Waals surface area contributed by atoms with Crippen LogP contribution in [0.3, 0.4) is 0 Å². The minimum Gasteiger partial charge on any atom is -0.352 e. The van der Waals surface area contributed by atoms with E-state index in [-0.39, 0.29) is 18.0 Å². The molecule has 0 aliphatic rings. The quantitative estimate of drug-likeness (QED) is 0.842. The fourth-order valence-corrected chi connectivity index (χ4v) is 2.03. The summed E-state index contributed by atoms with van der Waals surface area (Å²) in [4.78, 5) is 11.8. The summed E-state index contributed by atoms with van der Waals surface area (Å²) >= 11 is 3.45. The summed E-state index contributed by atoms with van der Waals surface area (Å²) in [5, 5.41) is 6.22. The van der Waals surface area contributed by atoms with Crippen molar-refractivity contribution in [3.63, 3.8) is 0 Å². The molecular formula is C15H23BrN2O. The summed E-state index contributed by atoms with van der Waals surface area (Å²) in [5.74, 6) is 0.495. The lowest BCUT2D eigenvalue weighted by Crippen LogP contribution is -2.41. The summed E-state index contributed by atoms with van der Waals surface area (Å²) < 4.78 is 1.05. The van der Waals surface area contributed by atoms with Crippen LogP contribution in [0.5, 0.6) is 0 Å². The SMILES string of the molecule is CC(C)C(C)NC(=O)CN[C@@H](C)c1cccc(Br)c1. The molecule has 1 rings (SSSR count). The molecule has 106 valence electrons. The third-order valence-electron chi connectivity index (χ3n) is 3.31. The van der Waals surface area contributed by atoms with Crippen LogP contribution in [0.4, 0.5) is 0 Å². The van der Waals surface area contributed by atoms with Gasteiger partial charge in [0, 0.05) is 16.6 Å². The Morgan fingerprint density at radius 3 is 2.53 bits per heavy atom. The number of hydrogen-bond acceptors (Lipinski definition) is 2. The summed E-state index contributed by atoms with van der Waals surface area (Å²) in [7, 11) is 0. The van der Waals surface area contributed by atoms with E-state index in [4.69, 9.17) is 0 Å². The normalized spacial score (nSPS) is 14.2. The molecule has 0 radical (unpaired) electrons. The van der Waals surface area contributed by atoms with Crippen LogP contribution in [0.1, 0.15) is 39.3 Å². The fraction of sp³-hybridized carbons (Fsp3) is 0.533. The maximum atomic E-state index is 11.8. The van der Waals surface area contributed by atoms with Gasteiger partial charge in [0.1, 0.15) is 0 Å². The van der Waals surface area contributed by atoms with Crippen molar-refractivity contribution in [1.82, 2.24) is 10.6 Å². The molecule has 0 heterocycles. The van der Waals surface area contributed by atoms with Crippen molar-refractivity contribution in [3.8, 4) is 0 Å². The molecule has 0 aromatic heterocycles. The van der Waals surface area contributed by atoms with Crippen LogP contribution in [0.2, 0.25) is 0 Å². The first-order chi connectivity index (χ1) is 8.90. The molecule has 4 heteroatoms. The second kappa shape index (κ2) is 7.65. The smallest absolute Gasteiger partial charge is 0.234 e. The Kier molecular flexibility index (Phi) is 6.52. The zero-order valence-electron chi connectivity index (χ0n) is 12.0. The number of benzene rings is 1. The van der Waals surface area contributed by atoms with Crippen LogP contribution in [0.25, 0.3) is 0 Å². The standard InChI is InChI=1S/C15H23BrN2O/c1-10(2)11(3)18-15(19)9-17-12(4)13-6-5-7-14(16)8-13/h5-8,10-12,17H,9H2,1-4H3,(H,18,19)/t11?,12-/m0/s1. The van der Waals surface area contributed by atoms with Crippen molar-refractivity contribution in [2.45, 2.75) is 39.8 Å². The van der Waals surface area contributed by atoms with Gasteiger partial charge in [-0.3, -0.25) is 4.79 Å². The van der Waals surface area contributed by atoms with Crippen LogP contribution < -0.4 is 10.6 Å². The van der Waals surface area contributed by atoms with Gasteiger partial charge in [0.05, 0.1) is 6.54 Å². The van der Waals surface area contributed by atoms with Crippen LogP contribution in [0.15, 0.2) is 28.7 Å². The molecule has 0 bridgehead atoms. The summed E-state index contributed by atoms with van der Waals surface area (Å²) in [6.07, 6.45) is 0. The lowest BCUT2D eigenvalue weighted by Gasteiger charge is -2.19. The van der Waals surface area contributed by atoms with Gasteiger partial charge in [-0.1, -0.05) is 41.9 Å². The predicted octanol–water partition coefficient (Wildman–Crippen LogP) is 3.26. The fourth-order valence-electron chi connectivity index (χ4n) is 1.61. The van der Waals surface area contributed by atoms with E-state index < -0.39 is 0 Å². The van der Waals surface area contributed by atoms with Gasteiger partial charge in [-0.15, -0.1) is 0 Å². The number of rotatable bonds is 6. The van der Waals surface area contributed by atoms with E-state index in [1.165, 1.54) is 5.56 Å². The molecule has 19 heavy (non-hydrogen) atoms. The number of halogens is 1. The molecule has 0 aliphatic heterocycles. The molecule has 2 atom stereocenters. The molecule has 2 N–H and O–H groups in total. The molecule has 0 saturated carbocycles. The minimum absolute atomic E-state index is 0.0445. The van der Waals surface area contributed by atoms with Crippen molar-refractivity contribution >= 4 is 21.8 Å². The average molecular weight is 327 g/mol. The van der Waals surface area contributed by atoms with E-state index in [0.29, 0.717) is 12.5 Å². The van der Waals surface area contributed by atoms with Crippen LogP contribution in [-0.2, 0) is 4.79 Å². The van der Waals surface area contributed by atoms with E-state index in [2.05, 4.69) is 59.5 Å². The molecule has 1 aromatic rings. The number of carbonyl (C=O) groups excluding carboxylic acids is 1. The Hall–Kier alpha value is -0.870. The molecule has 3 nitrogen and oxygen atoms in total. The minimum atomic E-state index is 0.0445. The number of amides is 1. The second-order valence-corrected chi connectivity index (χ2v) is 6.17. The summed E-state index contributed by atoms with van der Waals surface area (Å²) in [6, 6.07) is 8.46. The van der Waals surface area contributed by atoms with E-state index >= 15 is 0 Å². The first-order valence-electron chi connectivity index (χ1n) is 6.68. The molecule has 1 unspecified atom stereocenters. The second-order valence-electron chi connectivity index (χ2n) is 5.26. The van der Waals surface area contributed by atoms with Crippen molar-refractivity contribution < 1.29 is 4.79 Å². The van der Waals surface area contributed by atoms with Gasteiger partial charge in [-0.05, 0) is 37.5 Å². The highest BCUT2D eigenvalue weighted by Crippen LogP contribution is 2.17. The van der Waals surface area contributed by atoms with Gasteiger partial charge in [-0.2, -0.15) is 0 Å². The summed E-state index contributed by atoms with van der Waals surface area (Å²) in [5.41, 5.74) is 1.17. The van der Waals surface area contributed by atoms with E-state index in [1.54, 1.807) is 0 Å². The van der Waals surface area contributed by atoms with E-state index in [0.717, 1.165) is 4.47 Å². The monoisotopic (exact) mass is 326 g/mol. The third kappa shape index (κ3) is 5.74. The van der Waals surface area contributed by atoms with Crippen LogP contribution in [-0.4, -0.2) is 18.5 Å². The highest BCUT2D eigenvalue weighted by atomic mass is 79.9. The zero-order valence-corrected chi connectivity index (χ0v) is 13.6. The molecule has 0 aliphatic carbocycles. The van der Waals surface area contributed by atoms with Crippen LogP contribution >= 0.6 is 15.9 Å². The molecule has 0 saturated heterocycles. The lowest BCUT2D eigenvalue weighted by atomic mass is 10.1. The predicted molar refractivity (Wildman–Crippen MR) is 83.0 cm³/mol. The zero-order chi connectivity index (χ0) is 14.4. The van der Waals surface area contributed by atoms with Gasteiger partial charge in [0.2, 0.25) is 5.91 Å². The van der Waals surface area contributed by atoms with Gasteiger partial charge in [0.25, 0.3) is 0 Å². The Labute approximate surface area is 124 Å². The first kappa shape index (κ1) is 16.2. The Morgan fingerprint density at radius 1 is 1.26 bits per heavy atom. The number of hydrogen-bond donors (Lipinski definition) is 2. The Bertz CT molecular complexity index is 420. The van der Waals surface area contributed by atoms with E-state index in [1.807, 2.05) is 19.1 Å². The van der Waals surface area contributed by atoms with Crippen molar-refractivity contribution in [2.75, 3.05) is 6.54 Å². The third-order valence-corrected chi connectivity index (χ3v) is 3.80. The first-order valence-corrected chi connectivity index (χ1v) is 7.47. The highest BCUT2D eigenvalue weighted by molar-refractivity contribution is 9.10. The Morgan fingerprint density at radius 2 is 1.95 bits per heavy atom. The average Bonchev–Trinajstić information content (AvgIpc) is 2.35. The maximum Gasteiger partial charge on any atom is 0.234 e. The van der Waals surface area contributed by atoms with Crippen molar-refractivity contribution in [2.24, 2.45) is 5.92 Å². The Balaban J connectivity index is 2.42. The lowest BCUT2D eigenvalue weighted by molar-refractivity contribution is -0.121. The maximum absolute atomic E-state index is 11.8. The van der Waals surface area contributed by atoms with Crippen molar-refractivity contribution in [1.29, 1.82) is 0 Å². The van der Waals surface area contributed by atoms with E-state index in [9.17, 15) is 4.79 Å². The molecule has 1 aromatic carbocycles. The van der Waals surface area contributed by atoms with Gasteiger partial charge in [-0.25, -0.2) is 0 Å². The largest absolute Gasteiger partial charge is 0.352 e. The van der Waals surface area contributed by atoms with Crippen molar-refractivity contribution in [3.05, 3.63) is 34.3 Å². The molecule has 1 amide bonds. The number of carbonyl (C=O) groups is 1. The topological polar surface area (TPSA) is 41.1 Å². The van der Waals surface area contributed by atoms with Gasteiger partial charge in [0.15, 0.2) is 0 Å².